The number of anilines is 1. The first kappa shape index (κ1) is 11.3. The van der Waals surface area contributed by atoms with Crippen molar-refractivity contribution in [3.63, 3.8) is 0 Å². The van der Waals surface area contributed by atoms with Crippen molar-refractivity contribution in [3.8, 4) is 5.75 Å². The maximum Gasteiger partial charge on any atom is 0.115 e. The van der Waals surface area contributed by atoms with Crippen LogP contribution in [0.4, 0.5) is 5.69 Å². The number of rotatable bonds is 3. The molecule has 2 heteroatoms. The third-order valence-electron chi connectivity index (χ3n) is 3.69. The Labute approximate surface area is 97.7 Å². The van der Waals surface area contributed by atoms with Crippen molar-refractivity contribution in [1.82, 2.24) is 0 Å². The van der Waals surface area contributed by atoms with E-state index < -0.39 is 0 Å². The monoisotopic (exact) mass is 219 g/mol. The molecule has 0 amide bonds. The lowest BCUT2D eigenvalue weighted by atomic mass is 10.1. The summed E-state index contributed by atoms with van der Waals surface area (Å²) in [4.78, 5) is 0. The normalized spacial score (nSPS) is 24.6. The van der Waals surface area contributed by atoms with Crippen molar-refractivity contribution in [1.29, 1.82) is 0 Å². The van der Waals surface area contributed by atoms with Crippen LogP contribution in [0.3, 0.4) is 0 Å². The first-order chi connectivity index (χ1) is 7.69. The standard InChI is InChI=1S/C14H21NO/c1-3-11-4-5-12(9-11)15-14-7-6-13(16)8-10(14)2/h6-8,11-12,15-16H,3-5,9H2,1-2H3. The van der Waals surface area contributed by atoms with E-state index in [9.17, 15) is 5.11 Å². The second kappa shape index (κ2) is 4.77. The Morgan fingerprint density at radius 3 is 2.81 bits per heavy atom. The van der Waals surface area contributed by atoms with Crippen LogP contribution in [0.15, 0.2) is 18.2 Å². The van der Waals surface area contributed by atoms with Gasteiger partial charge in [0, 0.05) is 11.7 Å². The minimum absolute atomic E-state index is 0.348. The smallest absolute Gasteiger partial charge is 0.115 e. The maximum atomic E-state index is 9.35. The van der Waals surface area contributed by atoms with Gasteiger partial charge in [0.1, 0.15) is 5.75 Å². The molecule has 1 aliphatic carbocycles. The van der Waals surface area contributed by atoms with E-state index in [0.717, 1.165) is 11.5 Å². The molecule has 0 spiro atoms. The molecule has 88 valence electrons. The van der Waals surface area contributed by atoms with Crippen LogP contribution in [-0.4, -0.2) is 11.1 Å². The van der Waals surface area contributed by atoms with E-state index in [1.54, 1.807) is 6.07 Å². The maximum absolute atomic E-state index is 9.35. The van der Waals surface area contributed by atoms with Crippen LogP contribution < -0.4 is 5.32 Å². The summed E-state index contributed by atoms with van der Waals surface area (Å²) < 4.78 is 0. The number of aryl methyl sites for hydroxylation is 1. The van der Waals surface area contributed by atoms with Crippen LogP contribution in [0.5, 0.6) is 5.75 Å². The highest BCUT2D eigenvalue weighted by Crippen LogP contribution is 2.31. The minimum Gasteiger partial charge on any atom is -0.508 e. The average molecular weight is 219 g/mol. The van der Waals surface area contributed by atoms with Crippen molar-refractivity contribution in [2.45, 2.75) is 45.6 Å². The Balaban J connectivity index is 1.99. The lowest BCUT2D eigenvalue weighted by Crippen LogP contribution is -2.16. The fraction of sp³-hybridized carbons (Fsp3) is 0.571. The Bertz CT molecular complexity index is 362. The highest BCUT2D eigenvalue weighted by Gasteiger charge is 2.23. The molecule has 2 atom stereocenters. The highest BCUT2D eigenvalue weighted by molar-refractivity contribution is 5.54. The average Bonchev–Trinajstić information content (AvgIpc) is 2.70. The number of phenolic OH excluding ortho intramolecular Hbond substituents is 1. The summed E-state index contributed by atoms with van der Waals surface area (Å²) >= 11 is 0. The van der Waals surface area contributed by atoms with Crippen LogP contribution in [0.2, 0.25) is 0 Å². The van der Waals surface area contributed by atoms with Gasteiger partial charge in [0.05, 0.1) is 0 Å². The first-order valence-electron chi connectivity index (χ1n) is 6.25. The molecule has 1 fully saturated rings. The fourth-order valence-corrected chi connectivity index (χ4v) is 2.61. The highest BCUT2D eigenvalue weighted by atomic mass is 16.3. The van der Waals surface area contributed by atoms with Gasteiger partial charge in [-0.1, -0.05) is 13.3 Å². The lowest BCUT2D eigenvalue weighted by Gasteiger charge is -2.16. The zero-order valence-electron chi connectivity index (χ0n) is 10.2. The molecule has 0 aromatic heterocycles. The van der Waals surface area contributed by atoms with Crippen molar-refractivity contribution in [2.75, 3.05) is 5.32 Å². The quantitative estimate of drug-likeness (QED) is 0.760. The van der Waals surface area contributed by atoms with Crippen LogP contribution in [0.25, 0.3) is 0 Å². The number of hydrogen-bond donors (Lipinski definition) is 2. The van der Waals surface area contributed by atoms with E-state index in [0.29, 0.717) is 11.8 Å². The molecular formula is C14H21NO. The molecule has 2 N–H and O–H groups in total. The molecule has 0 aliphatic heterocycles. The first-order valence-corrected chi connectivity index (χ1v) is 6.25. The zero-order chi connectivity index (χ0) is 11.5. The summed E-state index contributed by atoms with van der Waals surface area (Å²) in [6, 6.07) is 6.16. The fourth-order valence-electron chi connectivity index (χ4n) is 2.61. The number of hydrogen-bond acceptors (Lipinski definition) is 2. The molecular weight excluding hydrogens is 198 g/mol. The second-order valence-electron chi connectivity index (χ2n) is 4.93. The molecule has 1 aromatic carbocycles. The summed E-state index contributed by atoms with van der Waals surface area (Å²) in [6.07, 6.45) is 5.22. The molecule has 2 rings (SSSR count). The predicted octanol–water partition coefficient (Wildman–Crippen LogP) is 3.69. The van der Waals surface area contributed by atoms with Crippen LogP contribution >= 0.6 is 0 Å². The molecule has 1 aromatic rings. The summed E-state index contributed by atoms with van der Waals surface area (Å²) in [5.41, 5.74) is 2.29. The topological polar surface area (TPSA) is 32.3 Å². The van der Waals surface area contributed by atoms with Gasteiger partial charge in [-0.15, -0.1) is 0 Å². The van der Waals surface area contributed by atoms with Crippen molar-refractivity contribution >= 4 is 5.69 Å². The number of phenols is 1. The Hall–Kier alpha value is -1.18. The minimum atomic E-state index is 0.348. The molecule has 1 aliphatic rings. The van der Waals surface area contributed by atoms with E-state index in [1.807, 2.05) is 19.1 Å². The summed E-state index contributed by atoms with van der Waals surface area (Å²) in [7, 11) is 0. The summed E-state index contributed by atoms with van der Waals surface area (Å²) in [6.45, 7) is 4.31. The summed E-state index contributed by atoms with van der Waals surface area (Å²) in [5, 5.41) is 12.9. The molecule has 2 unspecified atom stereocenters. The SMILES string of the molecule is CCC1CCC(Nc2ccc(O)cc2C)C1. The van der Waals surface area contributed by atoms with Gasteiger partial charge in [-0.3, -0.25) is 0 Å². The molecule has 2 nitrogen and oxygen atoms in total. The van der Waals surface area contributed by atoms with Gasteiger partial charge in [0.2, 0.25) is 0 Å². The van der Waals surface area contributed by atoms with Crippen molar-refractivity contribution < 1.29 is 5.11 Å². The Morgan fingerprint density at radius 1 is 1.38 bits per heavy atom. The lowest BCUT2D eigenvalue weighted by molar-refractivity contribution is 0.475. The van der Waals surface area contributed by atoms with E-state index in [-0.39, 0.29) is 0 Å². The molecule has 0 radical (unpaired) electrons. The largest absolute Gasteiger partial charge is 0.508 e. The van der Waals surface area contributed by atoms with E-state index in [2.05, 4.69) is 12.2 Å². The van der Waals surface area contributed by atoms with Gasteiger partial charge in [-0.2, -0.15) is 0 Å². The molecule has 0 saturated heterocycles. The van der Waals surface area contributed by atoms with Gasteiger partial charge >= 0.3 is 0 Å². The van der Waals surface area contributed by atoms with Gasteiger partial charge in [0.15, 0.2) is 0 Å². The Morgan fingerprint density at radius 2 is 2.19 bits per heavy atom. The van der Waals surface area contributed by atoms with Gasteiger partial charge in [0.25, 0.3) is 0 Å². The zero-order valence-corrected chi connectivity index (χ0v) is 10.2. The predicted molar refractivity (Wildman–Crippen MR) is 67.9 cm³/mol. The molecule has 0 heterocycles. The van der Waals surface area contributed by atoms with E-state index >= 15 is 0 Å². The number of benzene rings is 1. The van der Waals surface area contributed by atoms with Crippen LogP contribution in [0, 0.1) is 12.8 Å². The van der Waals surface area contributed by atoms with E-state index in [1.165, 1.54) is 31.4 Å². The van der Waals surface area contributed by atoms with Crippen molar-refractivity contribution in [3.05, 3.63) is 23.8 Å². The van der Waals surface area contributed by atoms with Crippen molar-refractivity contribution in [2.24, 2.45) is 5.92 Å². The number of aromatic hydroxyl groups is 1. The van der Waals surface area contributed by atoms with Gasteiger partial charge in [-0.05, 0) is 55.9 Å². The summed E-state index contributed by atoms with van der Waals surface area (Å²) in [5.74, 6) is 1.25. The van der Waals surface area contributed by atoms with E-state index in [4.69, 9.17) is 0 Å². The van der Waals surface area contributed by atoms with Gasteiger partial charge < -0.3 is 10.4 Å². The molecule has 0 bridgehead atoms. The molecule has 1 saturated carbocycles. The van der Waals surface area contributed by atoms with Crippen LogP contribution in [0.1, 0.15) is 38.2 Å². The van der Waals surface area contributed by atoms with Gasteiger partial charge in [-0.25, -0.2) is 0 Å². The van der Waals surface area contributed by atoms with Crippen LogP contribution in [-0.2, 0) is 0 Å². The molecule has 16 heavy (non-hydrogen) atoms. The third-order valence-corrected chi connectivity index (χ3v) is 3.69. The third kappa shape index (κ3) is 2.49. The second-order valence-corrected chi connectivity index (χ2v) is 4.93. The Kier molecular flexibility index (Phi) is 3.37. The number of nitrogens with one attached hydrogen (secondary N) is 1.